The van der Waals surface area contributed by atoms with Crippen molar-refractivity contribution in [2.45, 2.75) is 32.4 Å². The third-order valence-corrected chi connectivity index (χ3v) is 2.79. The van der Waals surface area contributed by atoms with Crippen LogP contribution in [0.5, 0.6) is 0 Å². The van der Waals surface area contributed by atoms with Crippen LogP contribution >= 0.6 is 0 Å². The van der Waals surface area contributed by atoms with Crippen LogP contribution in [-0.4, -0.2) is 26.0 Å². The predicted octanol–water partition coefficient (Wildman–Crippen LogP) is 1.15. The minimum Gasteiger partial charge on any atom is -0.458 e. The minimum absolute atomic E-state index is 0.305. The zero-order valence-corrected chi connectivity index (χ0v) is 9.05. The minimum atomic E-state index is -0.305. The van der Waals surface area contributed by atoms with E-state index in [1.807, 2.05) is 19.1 Å². The van der Waals surface area contributed by atoms with Crippen molar-refractivity contribution in [2.75, 3.05) is 0 Å². The number of hydrogen-bond acceptors (Lipinski definition) is 4. The summed E-state index contributed by atoms with van der Waals surface area (Å²) in [6.45, 7) is 2.42. The van der Waals surface area contributed by atoms with Gasteiger partial charge in [-0.15, -0.1) is 5.10 Å². The van der Waals surface area contributed by atoms with E-state index in [9.17, 15) is 5.11 Å². The van der Waals surface area contributed by atoms with Gasteiger partial charge in [0.25, 0.3) is 0 Å². The average molecular weight is 219 g/mol. The van der Waals surface area contributed by atoms with Gasteiger partial charge in [0.2, 0.25) is 5.82 Å². The van der Waals surface area contributed by atoms with Gasteiger partial charge in [0.05, 0.1) is 12.6 Å². The number of rotatable bonds is 1. The largest absolute Gasteiger partial charge is 0.458 e. The van der Waals surface area contributed by atoms with Crippen LogP contribution in [0.3, 0.4) is 0 Å². The number of aliphatic hydroxyl groups excluding tert-OH is 1. The second kappa shape index (κ2) is 3.45. The fraction of sp³-hybridized carbons (Fsp3) is 0.455. The van der Waals surface area contributed by atoms with E-state index in [0.717, 1.165) is 24.4 Å². The van der Waals surface area contributed by atoms with E-state index < -0.39 is 0 Å². The van der Waals surface area contributed by atoms with E-state index in [2.05, 4.69) is 10.1 Å². The Balaban J connectivity index is 1.98. The SMILES string of the molecule is Cc1ccc(-c2nc3n(n2)CC(O)CC3)o1. The van der Waals surface area contributed by atoms with E-state index in [-0.39, 0.29) is 6.10 Å². The Morgan fingerprint density at radius 1 is 1.50 bits per heavy atom. The first-order valence-electron chi connectivity index (χ1n) is 5.41. The lowest BCUT2D eigenvalue weighted by molar-refractivity contribution is 0.124. The highest BCUT2D eigenvalue weighted by molar-refractivity contribution is 5.46. The van der Waals surface area contributed by atoms with Gasteiger partial charge in [-0.3, -0.25) is 0 Å². The predicted molar refractivity (Wildman–Crippen MR) is 56.8 cm³/mol. The monoisotopic (exact) mass is 219 g/mol. The molecule has 0 aliphatic carbocycles. The lowest BCUT2D eigenvalue weighted by Gasteiger charge is -2.16. The van der Waals surface area contributed by atoms with Crippen LogP contribution in [0.4, 0.5) is 0 Å². The molecule has 2 aromatic heterocycles. The molecule has 1 N–H and O–H groups in total. The molecule has 3 heterocycles. The molecule has 1 unspecified atom stereocenters. The van der Waals surface area contributed by atoms with Crippen LogP contribution in [0.2, 0.25) is 0 Å². The molecule has 1 aliphatic heterocycles. The van der Waals surface area contributed by atoms with Crippen molar-refractivity contribution in [3.63, 3.8) is 0 Å². The van der Waals surface area contributed by atoms with Crippen LogP contribution in [-0.2, 0) is 13.0 Å². The Hall–Kier alpha value is -1.62. The molecule has 0 spiro atoms. The maximum Gasteiger partial charge on any atom is 0.217 e. The molecule has 0 radical (unpaired) electrons. The molecule has 0 aromatic carbocycles. The van der Waals surface area contributed by atoms with E-state index in [1.54, 1.807) is 4.68 Å². The lowest BCUT2D eigenvalue weighted by atomic mass is 10.1. The smallest absolute Gasteiger partial charge is 0.217 e. The molecular weight excluding hydrogens is 206 g/mol. The molecular formula is C11H13N3O2. The Labute approximate surface area is 92.7 Å². The normalized spacial score (nSPS) is 19.8. The van der Waals surface area contributed by atoms with Gasteiger partial charge in [-0.2, -0.15) is 0 Å². The standard InChI is InChI=1S/C11H13N3O2/c1-7-2-4-9(16-7)11-12-10-5-3-8(15)6-14(10)13-11/h2,4,8,15H,3,5-6H2,1H3. The highest BCUT2D eigenvalue weighted by Crippen LogP contribution is 2.21. The summed E-state index contributed by atoms with van der Waals surface area (Å²) in [5, 5.41) is 13.9. The fourth-order valence-corrected chi connectivity index (χ4v) is 1.95. The highest BCUT2D eigenvalue weighted by atomic mass is 16.3. The molecule has 0 amide bonds. The molecule has 1 aliphatic rings. The maximum atomic E-state index is 9.53. The van der Waals surface area contributed by atoms with Gasteiger partial charge in [-0.05, 0) is 25.5 Å². The first-order valence-corrected chi connectivity index (χ1v) is 5.41. The summed E-state index contributed by atoms with van der Waals surface area (Å²) in [5.74, 6) is 3.07. The van der Waals surface area contributed by atoms with Crippen molar-refractivity contribution in [1.29, 1.82) is 0 Å². The summed E-state index contributed by atoms with van der Waals surface area (Å²) in [6, 6.07) is 3.76. The van der Waals surface area contributed by atoms with Crippen molar-refractivity contribution in [1.82, 2.24) is 14.8 Å². The van der Waals surface area contributed by atoms with Crippen molar-refractivity contribution in [3.05, 3.63) is 23.7 Å². The lowest BCUT2D eigenvalue weighted by Crippen LogP contribution is -2.25. The molecule has 5 heteroatoms. The summed E-state index contributed by atoms with van der Waals surface area (Å²) in [6.07, 6.45) is 1.23. The third kappa shape index (κ3) is 1.53. The molecule has 0 saturated heterocycles. The quantitative estimate of drug-likeness (QED) is 0.781. The molecule has 0 saturated carbocycles. The van der Waals surface area contributed by atoms with Gasteiger partial charge in [0, 0.05) is 6.42 Å². The molecule has 2 aromatic rings. The Kier molecular flexibility index (Phi) is 2.07. The Morgan fingerprint density at radius 3 is 3.12 bits per heavy atom. The van der Waals surface area contributed by atoms with E-state index in [0.29, 0.717) is 18.1 Å². The van der Waals surface area contributed by atoms with Gasteiger partial charge >= 0.3 is 0 Å². The molecule has 1 atom stereocenters. The molecule has 0 bridgehead atoms. The van der Waals surface area contributed by atoms with Crippen LogP contribution in [0.15, 0.2) is 16.5 Å². The summed E-state index contributed by atoms with van der Waals surface area (Å²) in [5.41, 5.74) is 0. The first-order chi connectivity index (χ1) is 7.72. The molecule has 0 fully saturated rings. The molecule has 16 heavy (non-hydrogen) atoms. The van der Waals surface area contributed by atoms with Gasteiger partial charge in [-0.1, -0.05) is 0 Å². The molecule has 5 nitrogen and oxygen atoms in total. The average Bonchev–Trinajstić information content (AvgIpc) is 2.83. The summed E-state index contributed by atoms with van der Waals surface area (Å²) in [4.78, 5) is 4.42. The number of aliphatic hydroxyl groups is 1. The Morgan fingerprint density at radius 2 is 2.38 bits per heavy atom. The van der Waals surface area contributed by atoms with Gasteiger partial charge in [-0.25, -0.2) is 9.67 Å². The van der Waals surface area contributed by atoms with Crippen LogP contribution < -0.4 is 0 Å². The van der Waals surface area contributed by atoms with Crippen molar-refractivity contribution < 1.29 is 9.52 Å². The van der Waals surface area contributed by atoms with Crippen molar-refractivity contribution in [3.8, 4) is 11.6 Å². The van der Waals surface area contributed by atoms with Crippen molar-refractivity contribution >= 4 is 0 Å². The van der Waals surface area contributed by atoms with Crippen LogP contribution in [0.25, 0.3) is 11.6 Å². The van der Waals surface area contributed by atoms with Gasteiger partial charge in [0.1, 0.15) is 11.6 Å². The van der Waals surface area contributed by atoms with E-state index >= 15 is 0 Å². The number of fused-ring (bicyclic) bond motifs is 1. The van der Waals surface area contributed by atoms with E-state index in [4.69, 9.17) is 4.42 Å². The number of nitrogens with zero attached hydrogens (tertiary/aromatic N) is 3. The number of aryl methyl sites for hydroxylation is 2. The number of aromatic nitrogens is 3. The second-order valence-electron chi connectivity index (χ2n) is 4.14. The maximum absolute atomic E-state index is 9.53. The van der Waals surface area contributed by atoms with Gasteiger partial charge < -0.3 is 9.52 Å². The van der Waals surface area contributed by atoms with Crippen molar-refractivity contribution in [2.24, 2.45) is 0 Å². The number of furan rings is 1. The molecule has 84 valence electrons. The zero-order valence-electron chi connectivity index (χ0n) is 9.05. The molecule has 3 rings (SSSR count). The van der Waals surface area contributed by atoms with E-state index in [1.165, 1.54) is 0 Å². The van der Waals surface area contributed by atoms with Crippen LogP contribution in [0, 0.1) is 6.92 Å². The summed E-state index contributed by atoms with van der Waals surface area (Å²) >= 11 is 0. The fourth-order valence-electron chi connectivity index (χ4n) is 1.95. The third-order valence-electron chi connectivity index (χ3n) is 2.79. The zero-order chi connectivity index (χ0) is 11.1. The Bertz CT molecular complexity index is 515. The summed E-state index contributed by atoms with van der Waals surface area (Å²) < 4.78 is 7.24. The highest BCUT2D eigenvalue weighted by Gasteiger charge is 2.21. The first kappa shape index (κ1) is 9.59. The number of hydrogen-bond donors (Lipinski definition) is 1. The summed E-state index contributed by atoms with van der Waals surface area (Å²) in [7, 11) is 0. The van der Waals surface area contributed by atoms with Gasteiger partial charge in [0.15, 0.2) is 5.76 Å². The second-order valence-corrected chi connectivity index (χ2v) is 4.14. The van der Waals surface area contributed by atoms with Crippen LogP contribution in [0.1, 0.15) is 18.0 Å². The topological polar surface area (TPSA) is 64.1 Å².